The van der Waals surface area contributed by atoms with Crippen molar-refractivity contribution in [3.8, 4) is 6.07 Å². The van der Waals surface area contributed by atoms with Gasteiger partial charge in [-0.1, -0.05) is 0 Å². The van der Waals surface area contributed by atoms with E-state index in [1.807, 2.05) is 0 Å². The van der Waals surface area contributed by atoms with Crippen LogP contribution in [0.4, 0.5) is 19.0 Å². The summed E-state index contributed by atoms with van der Waals surface area (Å²) < 4.78 is 42.0. The van der Waals surface area contributed by atoms with Crippen LogP contribution in [0.1, 0.15) is 11.3 Å². The minimum absolute atomic E-state index is 0.194. The molecule has 1 atom stereocenters. The Morgan fingerprint density at radius 2 is 2.25 bits per heavy atom. The number of aliphatic hydroxyl groups excluding tert-OH is 1. The number of esters is 1. The highest BCUT2D eigenvalue weighted by atomic mass is 19.4. The van der Waals surface area contributed by atoms with Gasteiger partial charge in [-0.25, -0.2) is 9.78 Å². The zero-order valence-corrected chi connectivity index (χ0v) is 10.2. The van der Waals surface area contributed by atoms with Gasteiger partial charge in [-0.15, -0.1) is 0 Å². The van der Waals surface area contributed by atoms with Crippen molar-refractivity contribution in [3.63, 3.8) is 0 Å². The molecule has 0 spiro atoms. The fourth-order valence-corrected chi connectivity index (χ4v) is 1.30. The van der Waals surface area contributed by atoms with E-state index < -0.39 is 36.3 Å². The van der Waals surface area contributed by atoms with Crippen LogP contribution in [-0.4, -0.2) is 35.8 Å². The van der Waals surface area contributed by atoms with Gasteiger partial charge in [0.15, 0.2) is 0 Å². The monoisotopic (exact) mass is 289 g/mol. The molecule has 1 unspecified atom stereocenters. The summed E-state index contributed by atoms with van der Waals surface area (Å²) in [5.41, 5.74) is -1.42. The lowest BCUT2D eigenvalue weighted by molar-refractivity contribution is -0.142. The molecule has 0 aliphatic rings. The maximum absolute atomic E-state index is 12.5. The fourth-order valence-electron chi connectivity index (χ4n) is 1.30. The Kier molecular flexibility index (Phi) is 4.88. The highest BCUT2D eigenvalue weighted by molar-refractivity contribution is 5.79. The molecule has 0 saturated heterocycles. The minimum atomic E-state index is -4.69. The number of nitriles is 1. The summed E-state index contributed by atoms with van der Waals surface area (Å²) in [4.78, 5) is 14.5. The molecule has 1 aromatic heterocycles. The number of carbonyl (C=O) groups excluding carboxylic acids is 1. The standard InChI is InChI=1S/C11H10F3N3O3/c1-20-10(19)7(5-18)16-9-6(4-15)2-3-8(17-9)11(12,13)14/h2-3,7,18H,5H2,1H3,(H,16,17). The van der Waals surface area contributed by atoms with Gasteiger partial charge in [0.1, 0.15) is 23.6 Å². The van der Waals surface area contributed by atoms with Crippen molar-refractivity contribution >= 4 is 11.8 Å². The molecule has 1 rings (SSSR count). The zero-order valence-electron chi connectivity index (χ0n) is 10.2. The van der Waals surface area contributed by atoms with Gasteiger partial charge >= 0.3 is 12.1 Å². The number of hydrogen-bond donors (Lipinski definition) is 2. The normalized spacial score (nSPS) is 12.4. The highest BCUT2D eigenvalue weighted by Gasteiger charge is 2.33. The third-order valence-electron chi connectivity index (χ3n) is 2.29. The highest BCUT2D eigenvalue weighted by Crippen LogP contribution is 2.29. The van der Waals surface area contributed by atoms with E-state index in [-0.39, 0.29) is 5.56 Å². The third kappa shape index (κ3) is 3.58. The number of alkyl halides is 3. The summed E-state index contributed by atoms with van der Waals surface area (Å²) in [6.07, 6.45) is -4.69. The molecule has 2 N–H and O–H groups in total. The molecule has 0 aliphatic heterocycles. The number of carbonyl (C=O) groups is 1. The topological polar surface area (TPSA) is 95.2 Å². The predicted molar refractivity (Wildman–Crippen MR) is 60.5 cm³/mol. The third-order valence-corrected chi connectivity index (χ3v) is 2.29. The summed E-state index contributed by atoms with van der Waals surface area (Å²) in [5.74, 6) is -1.35. The number of rotatable bonds is 4. The Morgan fingerprint density at radius 1 is 1.60 bits per heavy atom. The molecule has 0 aliphatic carbocycles. The van der Waals surface area contributed by atoms with E-state index in [0.29, 0.717) is 6.07 Å². The van der Waals surface area contributed by atoms with Crippen LogP contribution in [0, 0.1) is 11.3 Å². The Balaban J connectivity index is 3.15. The molecule has 0 fully saturated rings. The summed E-state index contributed by atoms with van der Waals surface area (Å²) in [5, 5.41) is 20.0. The van der Waals surface area contributed by atoms with Crippen molar-refractivity contribution in [2.24, 2.45) is 0 Å². The van der Waals surface area contributed by atoms with Gasteiger partial charge in [0.2, 0.25) is 0 Å². The average molecular weight is 289 g/mol. The fraction of sp³-hybridized carbons (Fsp3) is 0.364. The molecule has 0 bridgehead atoms. The van der Waals surface area contributed by atoms with Crippen molar-refractivity contribution in [1.29, 1.82) is 5.26 Å². The van der Waals surface area contributed by atoms with E-state index in [1.165, 1.54) is 0 Å². The Labute approximate surface area is 111 Å². The number of halogens is 3. The summed E-state index contributed by atoms with van der Waals surface area (Å²) >= 11 is 0. The smallest absolute Gasteiger partial charge is 0.433 e. The van der Waals surface area contributed by atoms with Gasteiger partial charge < -0.3 is 15.2 Å². The molecule has 108 valence electrons. The van der Waals surface area contributed by atoms with Crippen molar-refractivity contribution in [2.75, 3.05) is 19.0 Å². The molecule has 1 aromatic rings. The number of nitrogens with one attached hydrogen (secondary N) is 1. The van der Waals surface area contributed by atoms with Crippen molar-refractivity contribution < 1.29 is 27.8 Å². The first-order valence-electron chi connectivity index (χ1n) is 5.27. The molecule has 20 heavy (non-hydrogen) atoms. The molecular formula is C11H10F3N3O3. The first-order valence-corrected chi connectivity index (χ1v) is 5.27. The van der Waals surface area contributed by atoms with Crippen LogP contribution in [0.25, 0.3) is 0 Å². The predicted octanol–water partition coefficient (Wildman–Crippen LogP) is 0.918. The van der Waals surface area contributed by atoms with Gasteiger partial charge in [-0.05, 0) is 12.1 Å². The number of hydrogen-bond acceptors (Lipinski definition) is 6. The molecule has 0 radical (unpaired) electrons. The lowest BCUT2D eigenvalue weighted by atomic mass is 10.2. The SMILES string of the molecule is COC(=O)C(CO)Nc1nc(C(F)(F)F)ccc1C#N. The van der Waals surface area contributed by atoms with Crippen LogP contribution in [0.5, 0.6) is 0 Å². The minimum Gasteiger partial charge on any atom is -0.467 e. The number of aliphatic hydroxyl groups is 1. The summed E-state index contributed by atoms with van der Waals surface area (Å²) in [6, 6.07) is 1.89. The van der Waals surface area contributed by atoms with E-state index >= 15 is 0 Å². The molecular weight excluding hydrogens is 279 g/mol. The number of anilines is 1. The molecule has 0 saturated carbocycles. The van der Waals surface area contributed by atoms with Crippen LogP contribution in [0.15, 0.2) is 12.1 Å². The second-order valence-corrected chi connectivity index (χ2v) is 3.60. The van der Waals surface area contributed by atoms with Crippen LogP contribution in [0.2, 0.25) is 0 Å². The van der Waals surface area contributed by atoms with Gasteiger partial charge in [0.05, 0.1) is 19.3 Å². The lowest BCUT2D eigenvalue weighted by Gasteiger charge is -2.16. The van der Waals surface area contributed by atoms with E-state index in [9.17, 15) is 18.0 Å². The maximum atomic E-state index is 12.5. The van der Waals surface area contributed by atoms with Gasteiger partial charge in [0.25, 0.3) is 0 Å². The summed E-state index contributed by atoms with van der Waals surface area (Å²) in [6.45, 7) is -0.727. The van der Waals surface area contributed by atoms with E-state index in [4.69, 9.17) is 10.4 Å². The van der Waals surface area contributed by atoms with Gasteiger partial charge in [-0.3, -0.25) is 0 Å². The molecule has 9 heteroatoms. The molecule has 0 amide bonds. The van der Waals surface area contributed by atoms with E-state index in [1.54, 1.807) is 6.07 Å². The van der Waals surface area contributed by atoms with Gasteiger partial charge in [0, 0.05) is 0 Å². The first-order chi connectivity index (χ1) is 9.33. The average Bonchev–Trinajstić information content (AvgIpc) is 2.42. The van der Waals surface area contributed by atoms with Crippen molar-refractivity contribution in [1.82, 2.24) is 4.98 Å². The van der Waals surface area contributed by atoms with Crippen LogP contribution < -0.4 is 5.32 Å². The van der Waals surface area contributed by atoms with E-state index in [2.05, 4.69) is 15.0 Å². The lowest BCUT2D eigenvalue weighted by Crippen LogP contribution is -2.34. The first kappa shape index (κ1) is 15.7. The largest absolute Gasteiger partial charge is 0.467 e. The number of aromatic nitrogens is 1. The van der Waals surface area contributed by atoms with Gasteiger partial charge in [-0.2, -0.15) is 18.4 Å². The summed E-state index contributed by atoms with van der Waals surface area (Å²) in [7, 11) is 1.05. The molecule has 0 aromatic carbocycles. The van der Waals surface area contributed by atoms with E-state index in [0.717, 1.165) is 13.2 Å². The quantitative estimate of drug-likeness (QED) is 0.800. The number of methoxy groups -OCH3 is 1. The van der Waals surface area contributed by atoms with Crippen molar-refractivity contribution in [2.45, 2.75) is 12.2 Å². The zero-order chi connectivity index (χ0) is 15.3. The Morgan fingerprint density at radius 3 is 2.70 bits per heavy atom. The van der Waals surface area contributed by atoms with Crippen LogP contribution in [-0.2, 0) is 15.7 Å². The second kappa shape index (κ2) is 6.21. The number of pyridine rings is 1. The van der Waals surface area contributed by atoms with Crippen molar-refractivity contribution in [3.05, 3.63) is 23.4 Å². The second-order valence-electron chi connectivity index (χ2n) is 3.60. The van der Waals surface area contributed by atoms with Crippen LogP contribution in [0.3, 0.4) is 0 Å². The molecule has 1 heterocycles. The molecule has 6 nitrogen and oxygen atoms in total. The maximum Gasteiger partial charge on any atom is 0.433 e. The van der Waals surface area contributed by atoms with Crippen LogP contribution >= 0.6 is 0 Å². The number of ether oxygens (including phenoxy) is 1. The Hall–Kier alpha value is -2.34. The Bertz CT molecular complexity index is 540. The number of nitrogens with zero attached hydrogens (tertiary/aromatic N) is 2.